The summed E-state index contributed by atoms with van der Waals surface area (Å²) in [4.78, 5) is 0. The van der Waals surface area contributed by atoms with Crippen LogP contribution in [0.4, 0.5) is 0 Å². The zero-order valence-electron chi connectivity index (χ0n) is 10.8. The van der Waals surface area contributed by atoms with E-state index in [1.54, 1.807) is 12.1 Å². The molecule has 4 N–H and O–H groups in total. The minimum Gasteiger partial charge on any atom is -0.401 e. The first-order valence-electron chi connectivity index (χ1n) is 6.30. The van der Waals surface area contributed by atoms with Gasteiger partial charge in [-0.1, -0.05) is 30.3 Å². The molecule has 4 nitrogen and oxygen atoms in total. The number of nitrogens with two attached hydrogens (primary N) is 2. The smallest absolute Gasteiger partial charge is 0.0999 e. The molecule has 0 aliphatic heterocycles. The van der Waals surface area contributed by atoms with Crippen LogP contribution in [0.2, 0.25) is 0 Å². The van der Waals surface area contributed by atoms with Crippen molar-refractivity contribution in [2.45, 2.75) is 31.9 Å². The summed E-state index contributed by atoms with van der Waals surface area (Å²) in [6, 6.07) is 10.1. The summed E-state index contributed by atoms with van der Waals surface area (Å²) < 4.78 is 5.47. The number of methoxy groups -OCH3 is 1. The van der Waals surface area contributed by atoms with Gasteiger partial charge in [0, 0.05) is 12.8 Å². The number of nitrogens with zero attached hydrogens (tertiary/aromatic N) is 1. The normalized spacial score (nSPS) is 20.0. The van der Waals surface area contributed by atoms with Crippen molar-refractivity contribution >= 4 is 0 Å². The summed E-state index contributed by atoms with van der Waals surface area (Å²) in [5, 5.41) is 1.72. The number of benzene rings is 1. The maximum absolute atomic E-state index is 6.15. The van der Waals surface area contributed by atoms with Crippen molar-refractivity contribution in [2.75, 3.05) is 7.11 Å². The third kappa shape index (κ3) is 2.83. The highest BCUT2D eigenvalue weighted by Crippen LogP contribution is 2.26. The predicted molar refractivity (Wildman–Crippen MR) is 72.0 cm³/mol. The lowest BCUT2D eigenvalue weighted by Crippen LogP contribution is -2.40. The van der Waals surface area contributed by atoms with E-state index in [1.807, 2.05) is 18.2 Å². The second kappa shape index (κ2) is 5.89. The van der Waals surface area contributed by atoms with Crippen LogP contribution in [-0.2, 0) is 11.3 Å². The molecule has 0 spiro atoms. The summed E-state index contributed by atoms with van der Waals surface area (Å²) in [5.41, 5.74) is 9.04. The first-order chi connectivity index (χ1) is 8.72. The maximum atomic E-state index is 6.15. The third-order valence-corrected chi connectivity index (χ3v) is 3.34. The molecule has 98 valence electrons. The molecule has 1 atom stereocenters. The highest BCUT2D eigenvalue weighted by atomic mass is 16.5. The Kier molecular flexibility index (Phi) is 4.23. The molecule has 0 radical (unpaired) electrons. The molecule has 0 saturated carbocycles. The van der Waals surface area contributed by atoms with Crippen molar-refractivity contribution in [3.63, 3.8) is 0 Å². The predicted octanol–water partition coefficient (Wildman–Crippen LogP) is 1.73. The average molecular weight is 247 g/mol. The van der Waals surface area contributed by atoms with Gasteiger partial charge in [-0.15, -0.1) is 0 Å². The Labute approximate surface area is 108 Å². The number of ether oxygens (including phenoxy) is 1. The summed E-state index contributed by atoms with van der Waals surface area (Å²) in [6.07, 6.45) is 2.96. The van der Waals surface area contributed by atoms with E-state index in [-0.39, 0.29) is 6.10 Å². The number of rotatable bonds is 4. The Morgan fingerprint density at radius 2 is 2.06 bits per heavy atom. The minimum atomic E-state index is 0.0208. The first kappa shape index (κ1) is 12.9. The van der Waals surface area contributed by atoms with Crippen LogP contribution in [0.1, 0.15) is 24.8 Å². The van der Waals surface area contributed by atoms with Gasteiger partial charge in [0.25, 0.3) is 0 Å². The van der Waals surface area contributed by atoms with Crippen LogP contribution in [0.15, 0.2) is 41.7 Å². The van der Waals surface area contributed by atoms with Gasteiger partial charge in [0.1, 0.15) is 0 Å². The van der Waals surface area contributed by atoms with E-state index in [0.717, 1.165) is 30.7 Å². The zero-order valence-corrected chi connectivity index (χ0v) is 10.8. The summed E-state index contributed by atoms with van der Waals surface area (Å²) in [7, 11) is 1.71. The van der Waals surface area contributed by atoms with Crippen LogP contribution in [0.3, 0.4) is 0 Å². The fourth-order valence-electron chi connectivity index (χ4n) is 2.41. The van der Waals surface area contributed by atoms with Crippen LogP contribution in [-0.4, -0.2) is 18.2 Å². The van der Waals surface area contributed by atoms with Gasteiger partial charge in [0.2, 0.25) is 0 Å². The molecule has 0 saturated heterocycles. The third-order valence-electron chi connectivity index (χ3n) is 3.34. The minimum absolute atomic E-state index is 0.0208. The number of hydrazine groups is 1. The van der Waals surface area contributed by atoms with Gasteiger partial charge >= 0.3 is 0 Å². The van der Waals surface area contributed by atoms with E-state index in [9.17, 15) is 0 Å². The molecular formula is C14H21N3O. The maximum Gasteiger partial charge on any atom is 0.0999 e. The van der Waals surface area contributed by atoms with Crippen molar-refractivity contribution in [3.8, 4) is 0 Å². The molecule has 1 unspecified atom stereocenters. The summed E-state index contributed by atoms with van der Waals surface area (Å²) in [5.74, 6) is 6.15. The summed E-state index contributed by atoms with van der Waals surface area (Å²) >= 11 is 0. The van der Waals surface area contributed by atoms with E-state index in [4.69, 9.17) is 16.3 Å². The highest BCUT2D eigenvalue weighted by molar-refractivity contribution is 5.20. The fourth-order valence-corrected chi connectivity index (χ4v) is 2.41. The second-order valence-electron chi connectivity index (χ2n) is 4.64. The van der Waals surface area contributed by atoms with E-state index < -0.39 is 0 Å². The van der Waals surface area contributed by atoms with Crippen LogP contribution < -0.4 is 11.6 Å². The lowest BCUT2D eigenvalue weighted by Gasteiger charge is -2.32. The van der Waals surface area contributed by atoms with Gasteiger partial charge in [-0.3, -0.25) is 0 Å². The van der Waals surface area contributed by atoms with E-state index in [2.05, 4.69) is 12.1 Å². The summed E-state index contributed by atoms with van der Waals surface area (Å²) in [6.45, 7) is 0.650. The molecule has 1 aromatic carbocycles. The quantitative estimate of drug-likeness (QED) is 0.628. The zero-order chi connectivity index (χ0) is 13.0. The SMILES string of the molecule is COC1CCCC(N)=C1N(N)Cc1ccccc1. The molecule has 1 aromatic rings. The Morgan fingerprint density at radius 1 is 1.33 bits per heavy atom. The van der Waals surface area contributed by atoms with Gasteiger partial charge in [-0.25, -0.2) is 5.84 Å². The Hall–Kier alpha value is -1.52. The monoisotopic (exact) mass is 247 g/mol. The lowest BCUT2D eigenvalue weighted by molar-refractivity contribution is 0.0834. The van der Waals surface area contributed by atoms with Crippen molar-refractivity contribution in [1.82, 2.24) is 5.01 Å². The first-order valence-corrected chi connectivity index (χ1v) is 6.30. The molecule has 1 aliphatic carbocycles. The average Bonchev–Trinajstić information content (AvgIpc) is 2.39. The molecule has 0 amide bonds. The highest BCUT2D eigenvalue weighted by Gasteiger charge is 2.25. The van der Waals surface area contributed by atoms with Crippen molar-refractivity contribution < 1.29 is 4.74 Å². The van der Waals surface area contributed by atoms with Gasteiger partial charge in [-0.05, 0) is 24.8 Å². The Morgan fingerprint density at radius 3 is 2.72 bits per heavy atom. The fraction of sp³-hybridized carbons (Fsp3) is 0.429. The van der Waals surface area contributed by atoms with E-state index in [0.29, 0.717) is 6.54 Å². The number of hydrogen-bond donors (Lipinski definition) is 2. The Balaban J connectivity index is 2.14. The Bertz CT molecular complexity index is 416. The van der Waals surface area contributed by atoms with Crippen LogP contribution in [0, 0.1) is 0 Å². The topological polar surface area (TPSA) is 64.5 Å². The second-order valence-corrected chi connectivity index (χ2v) is 4.64. The molecule has 0 fully saturated rings. The van der Waals surface area contributed by atoms with Crippen LogP contribution in [0.5, 0.6) is 0 Å². The van der Waals surface area contributed by atoms with E-state index >= 15 is 0 Å². The van der Waals surface area contributed by atoms with Gasteiger partial charge in [0.15, 0.2) is 0 Å². The molecule has 0 aromatic heterocycles. The molecule has 18 heavy (non-hydrogen) atoms. The standard InChI is InChI=1S/C14H21N3O/c1-18-13-9-5-8-12(15)14(13)17(16)10-11-6-3-2-4-7-11/h2-4,6-7,13H,5,8-10,15-16H2,1H3. The number of hydrogen-bond acceptors (Lipinski definition) is 4. The van der Waals surface area contributed by atoms with Crippen molar-refractivity contribution in [3.05, 3.63) is 47.3 Å². The van der Waals surface area contributed by atoms with Gasteiger partial charge < -0.3 is 15.5 Å². The van der Waals surface area contributed by atoms with Crippen molar-refractivity contribution in [1.29, 1.82) is 0 Å². The van der Waals surface area contributed by atoms with Gasteiger partial charge in [-0.2, -0.15) is 0 Å². The molecule has 4 heteroatoms. The van der Waals surface area contributed by atoms with E-state index in [1.165, 1.54) is 5.56 Å². The molecule has 1 aliphatic rings. The van der Waals surface area contributed by atoms with Crippen LogP contribution in [0.25, 0.3) is 0 Å². The molecule has 0 heterocycles. The molecule has 2 rings (SSSR count). The molecular weight excluding hydrogens is 226 g/mol. The molecule has 0 bridgehead atoms. The van der Waals surface area contributed by atoms with Gasteiger partial charge in [0.05, 0.1) is 18.3 Å². The van der Waals surface area contributed by atoms with Crippen molar-refractivity contribution in [2.24, 2.45) is 11.6 Å². The number of allylic oxidation sites excluding steroid dienone is 1. The lowest BCUT2D eigenvalue weighted by atomic mass is 9.98. The van der Waals surface area contributed by atoms with Crippen LogP contribution >= 0.6 is 0 Å². The largest absolute Gasteiger partial charge is 0.401 e.